The minimum atomic E-state index is 0.849. The molecule has 1 aliphatic heterocycles. The summed E-state index contributed by atoms with van der Waals surface area (Å²) in [4.78, 5) is 2.32. The molecule has 0 bridgehead atoms. The third-order valence-electron chi connectivity index (χ3n) is 2.33. The predicted octanol–water partition coefficient (Wildman–Crippen LogP) is 2.01. The Balaban J connectivity index is 2.78. The van der Waals surface area contributed by atoms with E-state index in [1.165, 1.54) is 12.8 Å². The predicted molar refractivity (Wildman–Crippen MR) is 57.0 cm³/mol. The molecule has 2 heteroatoms. The lowest BCUT2D eigenvalue weighted by molar-refractivity contribution is 0.433. The number of nitrogens with zero attached hydrogens (tertiary/aromatic N) is 1. The van der Waals surface area contributed by atoms with Gasteiger partial charge in [-0.25, -0.2) is 0 Å². The molecule has 72 valence electrons. The molecule has 2 nitrogen and oxygen atoms in total. The van der Waals surface area contributed by atoms with Crippen LogP contribution in [0.25, 0.3) is 0 Å². The molecule has 0 unspecified atom stereocenters. The van der Waals surface area contributed by atoms with Gasteiger partial charge in [0.05, 0.1) is 11.4 Å². The van der Waals surface area contributed by atoms with Crippen molar-refractivity contribution in [1.29, 1.82) is 0 Å². The minimum absolute atomic E-state index is 0.849. The summed E-state index contributed by atoms with van der Waals surface area (Å²) in [6.45, 7) is 7.90. The first-order valence-electron chi connectivity index (χ1n) is 4.79. The SMILES string of the molecule is C=C/C=C(\C(N)=C/C)N1CCCC1. The van der Waals surface area contributed by atoms with Crippen molar-refractivity contribution in [2.45, 2.75) is 19.8 Å². The standard InChI is InChI=1S/C11H18N2/c1-3-7-11(10(12)4-2)13-8-5-6-9-13/h3-4,7H,1,5-6,8-9,12H2,2H3/b10-4+,11-7+. The molecule has 0 amide bonds. The minimum Gasteiger partial charge on any atom is -0.397 e. The summed E-state index contributed by atoms with van der Waals surface area (Å²) < 4.78 is 0. The van der Waals surface area contributed by atoms with Crippen LogP contribution in [-0.2, 0) is 0 Å². The van der Waals surface area contributed by atoms with Crippen molar-refractivity contribution in [3.8, 4) is 0 Å². The van der Waals surface area contributed by atoms with Gasteiger partial charge in [0.2, 0.25) is 0 Å². The highest BCUT2D eigenvalue weighted by molar-refractivity contribution is 5.29. The third-order valence-corrected chi connectivity index (χ3v) is 2.33. The molecule has 0 radical (unpaired) electrons. The Morgan fingerprint density at radius 3 is 2.46 bits per heavy atom. The van der Waals surface area contributed by atoms with E-state index in [0.717, 1.165) is 24.5 Å². The van der Waals surface area contributed by atoms with E-state index in [1.807, 2.05) is 19.1 Å². The van der Waals surface area contributed by atoms with Crippen LogP contribution in [0, 0.1) is 0 Å². The molecule has 0 atom stereocenters. The Morgan fingerprint density at radius 2 is 2.00 bits per heavy atom. The second kappa shape index (κ2) is 4.75. The highest BCUT2D eigenvalue weighted by Crippen LogP contribution is 2.18. The first kappa shape index (κ1) is 9.90. The second-order valence-corrected chi connectivity index (χ2v) is 3.23. The van der Waals surface area contributed by atoms with Crippen LogP contribution in [0.4, 0.5) is 0 Å². The number of nitrogens with two attached hydrogens (primary N) is 1. The van der Waals surface area contributed by atoms with Crippen LogP contribution in [0.1, 0.15) is 19.8 Å². The lowest BCUT2D eigenvalue weighted by Gasteiger charge is -2.21. The van der Waals surface area contributed by atoms with Gasteiger partial charge in [0.15, 0.2) is 0 Å². The molecule has 0 aliphatic carbocycles. The van der Waals surface area contributed by atoms with Gasteiger partial charge < -0.3 is 10.6 Å². The lowest BCUT2D eigenvalue weighted by atomic mass is 10.2. The van der Waals surface area contributed by atoms with Crippen molar-refractivity contribution in [2.24, 2.45) is 5.73 Å². The van der Waals surface area contributed by atoms with E-state index < -0.39 is 0 Å². The van der Waals surface area contributed by atoms with Crippen LogP contribution in [0.3, 0.4) is 0 Å². The topological polar surface area (TPSA) is 29.3 Å². The molecule has 13 heavy (non-hydrogen) atoms. The molecule has 1 heterocycles. The van der Waals surface area contributed by atoms with Gasteiger partial charge in [-0.15, -0.1) is 0 Å². The smallest absolute Gasteiger partial charge is 0.0596 e. The molecule has 0 saturated carbocycles. The molecule has 0 aromatic rings. The first-order chi connectivity index (χ1) is 6.29. The molecule has 0 spiro atoms. The Bertz CT molecular complexity index is 232. The van der Waals surface area contributed by atoms with Gasteiger partial charge >= 0.3 is 0 Å². The monoisotopic (exact) mass is 178 g/mol. The van der Waals surface area contributed by atoms with Gasteiger partial charge in [-0.1, -0.05) is 18.7 Å². The largest absolute Gasteiger partial charge is 0.397 e. The fraction of sp³-hybridized carbons (Fsp3) is 0.455. The Hall–Kier alpha value is -1.18. The number of allylic oxidation sites excluding steroid dienone is 3. The summed E-state index contributed by atoms with van der Waals surface area (Å²) in [7, 11) is 0. The van der Waals surface area contributed by atoms with E-state index in [0.29, 0.717) is 0 Å². The zero-order valence-electron chi connectivity index (χ0n) is 8.29. The van der Waals surface area contributed by atoms with Gasteiger partial charge in [-0.05, 0) is 25.8 Å². The number of hydrogen-bond acceptors (Lipinski definition) is 2. The molecule has 1 saturated heterocycles. The van der Waals surface area contributed by atoms with E-state index in [2.05, 4.69) is 11.5 Å². The van der Waals surface area contributed by atoms with E-state index in [9.17, 15) is 0 Å². The van der Waals surface area contributed by atoms with Gasteiger partial charge in [-0.2, -0.15) is 0 Å². The molecule has 1 aliphatic rings. The van der Waals surface area contributed by atoms with Crippen molar-refractivity contribution < 1.29 is 0 Å². The van der Waals surface area contributed by atoms with Crippen LogP contribution in [0.5, 0.6) is 0 Å². The highest BCUT2D eigenvalue weighted by atomic mass is 15.2. The van der Waals surface area contributed by atoms with E-state index in [4.69, 9.17) is 5.73 Å². The molecule has 0 aromatic carbocycles. The molecule has 1 rings (SSSR count). The average molecular weight is 178 g/mol. The summed E-state index contributed by atoms with van der Waals surface area (Å²) in [5.74, 6) is 0. The fourth-order valence-corrected chi connectivity index (χ4v) is 1.60. The van der Waals surface area contributed by atoms with E-state index in [-0.39, 0.29) is 0 Å². The summed E-state index contributed by atoms with van der Waals surface area (Å²) in [5, 5.41) is 0. The number of likely N-dealkylation sites (tertiary alicyclic amines) is 1. The second-order valence-electron chi connectivity index (χ2n) is 3.23. The maximum atomic E-state index is 5.89. The van der Waals surface area contributed by atoms with E-state index in [1.54, 1.807) is 6.08 Å². The van der Waals surface area contributed by atoms with Crippen molar-refractivity contribution in [3.63, 3.8) is 0 Å². The third kappa shape index (κ3) is 2.38. The van der Waals surface area contributed by atoms with Crippen molar-refractivity contribution in [2.75, 3.05) is 13.1 Å². The highest BCUT2D eigenvalue weighted by Gasteiger charge is 2.15. The number of rotatable bonds is 3. The van der Waals surface area contributed by atoms with Gasteiger partial charge in [0, 0.05) is 13.1 Å². The zero-order chi connectivity index (χ0) is 9.68. The molecule has 1 fully saturated rings. The maximum absolute atomic E-state index is 5.89. The van der Waals surface area contributed by atoms with Crippen molar-refractivity contribution in [3.05, 3.63) is 36.2 Å². The fourth-order valence-electron chi connectivity index (χ4n) is 1.60. The van der Waals surface area contributed by atoms with E-state index >= 15 is 0 Å². The Kier molecular flexibility index (Phi) is 3.62. The van der Waals surface area contributed by atoms with Gasteiger partial charge in [0.1, 0.15) is 0 Å². The molecule has 2 N–H and O–H groups in total. The van der Waals surface area contributed by atoms with Crippen LogP contribution in [0.2, 0.25) is 0 Å². The summed E-state index contributed by atoms with van der Waals surface area (Å²) in [6, 6.07) is 0. The van der Waals surface area contributed by atoms with Crippen LogP contribution < -0.4 is 5.73 Å². The van der Waals surface area contributed by atoms with Crippen LogP contribution >= 0.6 is 0 Å². The molecular weight excluding hydrogens is 160 g/mol. The average Bonchev–Trinajstić information content (AvgIpc) is 2.65. The lowest BCUT2D eigenvalue weighted by Crippen LogP contribution is -2.22. The van der Waals surface area contributed by atoms with Gasteiger partial charge in [0.25, 0.3) is 0 Å². The summed E-state index contributed by atoms with van der Waals surface area (Å²) in [6.07, 6.45) is 8.26. The summed E-state index contributed by atoms with van der Waals surface area (Å²) >= 11 is 0. The van der Waals surface area contributed by atoms with Crippen molar-refractivity contribution >= 4 is 0 Å². The maximum Gasteiger partial charge on any atom is 0.0596 e. The summed E-state index contributed by atoms with van der Waals surface area (Å²) in [5.41, 5.74) is 7.86. The van der Waals surface area contributed by atoms with Gasteiger partial charge in [-0.3, -0.25) is 0 Å². The first-order valence-corrected chi connectivity index (χ1v) is 4.79. The van der Waals surface area contributed by atoms with Crippen LogP contribution in [-0.4, -0.2) is 18.0 Å². The van der Waals surface area contributed by atoms with Crippen LogP contribution in [0.15, 0.2) is 36.2 Å². The Morgan fingerprint density at radius 1 is 1.38 bits per heavy atom. The molecular formula is C11H18N2. The molecule has 0 aromatic heterocycles. The van der Waals surface area contributed by atoms with Crippen molar-refractivity contribution in [1.82, 2.24) is 4.90 Å². The Labute approximate surface area is 80.4 Å². The quantitative estimate of drug-likeness (QED) is 0.670. The normalized spacial score (nSPS) is 19.3. The zero-order valence-corrected chi connectivity index (χ0v) is 8.29. The number of hydrogen-bond donors (Lipinski definition) is 1.